The van der Waals surface area contributed by atoms with Crippen molar-refractivity contribution in [1.82, 2.24) is 0 Å². The highest BCUT2D eigenvalue weighted by atomic mass is 19.1. The van der Waals surface area contributed by atoms with Crippen molar-refractivity contribution in [2.45, 2.75) is 32.8 Å². The van der Waals surface area contributed by atoms with Gasteiger partial charge in [0, 0.05) is 0 Å². The number of hydrogen-bond acceptors (Lipinski definition) is 2. The molecule has 1 rings (SSSR count). The van der Waals surface area contributed by atoms with E-state index >= 15 is 0 Å². The maximum Gasteiger partial charge on any atom is 0.344 e. The fourth-order valence-electron chi connectivity index (χ4n) is 1.36. The van der Waals surface area contributed by atoms with Crippen LogP contribution >= 0.6 is 0 Å². The average molecular weight is 228 g/mol. The maximum absolute atomic E-state index is 13.2. The Bertz CT molecular complexity index is 353. The summed E-state index contributed by atoms with van der Waals surface area (Å²) in [5.74, 6) is -2.73. The van der Waals surface area contributed by atoms with Crippen molar-refractivity contribution in [3.63, 3.8) is 0 Å². The van der Waals surface area contributed by atoms with Gasteiger partial charge in [-0.15, -0.1) is 0 Å². The van der Waals surface area contributed by atoms with Crippen molar-refractivity contribution in [2.24, 2.45) is 0 Å². The Morgan fingerprint density at radius 3 is 2.19 bits per heavy atom. The Morgan fingerprint density at radius 1 is 1.25 bits per heavy atom. The summed E-state index contributed by atoms with van der Waals surface area (Å²) in [6.45, 7) is 3.69. The Kier molecular flexibility index (Phi) is 4.40. The number of halogens is 2. The van der Waals surface area contributed by atoms with Gasteiger partial charge in [0.1, 0.15) is 23.3 Å². The van der Waals surface area contributed by atoms with Gasteiger partial charge in [0.15, 0.2) is 0 Å². The van der Waals surface area contributed by atoms with Gasteiger partial charge in [-0.05, 0) is 25.0 Å². The standard InChI is InChI=1S/C12H14F2O2/c1-3-8(4-2)16-12(15)11-9(13)6-5-7-10(11)14/h5-8H,3-4H2,1-2H3. The normalized spacial score (nSPS) is 10.6. The van der Waals surface area contributed by atoms with Gasteiger partial charge in [0.25, 0.3) is 0 Å². The van der Waals surface area contributed by atoms with Gasteiger partial charge in [0.2, 0.25) is 0 Å². The largest absolute Gasteiger partial charge is 0.459 e. The molecule has 0 aliphatic carbocycles. The lowest BCUT2D eigenvalue weighted by Gasteiger charge is -2.14. The molecule has 0 amide bonds. The first kappa shape index (κ1) is 12.6. The average Bonchev–Trinajstić information content (AvgIpc) is 2.25. The summed E-state index contributed by atoms with van der Waals surface area (Å²) in [7, 11) is 0. The molecule has 0 bridgehead atoms. The first-order chi connectivity index (χ1) is 7.60. The van der Waals surface area contributed by atoms with Crippen molar-refractivity contribution < 1.29 is 18.3 Å². The minimum Gasteiger partial charge on any atom is -0.459 e. The third kappa shape index (κ3) is 2.78. The zero-order chi connectivity index (χ0) is 12.1. The van der Waals surface area contributed by atoms with Gasteiger partial charge >= 0.3 is 5.97 Å². The number of carbonyl (C=O) groups excluding carboxylic acids is 1. The topological polar surface area (TPSA) is 26.3 Å². The highest BCUT2D eigenvalue weighted by molar-refractivity contribution is 5.90. The van der Waals surface area contributed by atoms with Gasteiger partial charge < -0.3 is 4.74 Å². The molecule has 0 spiro atoms. The Hall–Kier alpha value is -1.45. The Labute approximate surface area is 93.2 Å². The minimum atomic E-state index is -0.940. The molecule has 0 saturated heterocycles. The van der Waals surface area contributed by atoms with Crippen LogP contribution in [-0.2, 0) is 4.74 Å². The van der Waals surface area contributed by atoms with E-state index in [4.69, 9.17) is 4.74 Å². The molecule has 0 fully saturated rings. The molecule has 0 unspecified atom stereocenters. The summed E-state index contributed by atoms with van der Waals surface area (Å²) >= 11 is 0. The second-order valence-electron chi connectivity index (χ2n) is 3.44. The molecule has 0 atom stereocenters. The quantitative estimate of drug-likeness (QED) is 0.739. The molecule has 0 aliphatic rings. The van der Waals surface area contributed by atoms with Crippen LogP contribution in [0.2, 0.25) is 0 Å². The SMILES string of the molecule is CCC(CC)OC(=O)c1c(F)cccc1F. The van der Waals surface area contributed by atoms with E-state index in [1.807, 2.05) is 13.8 Å². The van der Waals surface area contributed by atoms with E-state index < -0.39 is 23.2 Å². The van der Waals surface area contributed by atoms with E-state index in [2.05, 4.69) is 0 Å². The summed E-state index contributed by atoms with van der Waals surface area (Å²) in [6.07, 6.45) is 0.947. The van der Waals surface area contributed by atoms with E-state index in [9.17, 15) is 13.6 Å². The number of rotatable bonds is 4. The summed E-state index contributed by atoms with van der Waals surface area (Å²) < 4.78 is 31.4. The molecule has 16 heavy (non-hydrogen) atoms. The lowest BCUT2D eigenvalue weighted by molar-refractivity contribution is 0.0273. The molecule has 1 aromatic carbocycles. The molecule has 0 N–H and O–H groups in total. The second kappa shape index (κ2) is 5.58. The lowest BCUT2D eigenvalue weighted by Crippen LogP contribution is -2.18. The first-order valence-electron chi connectivity index (χ1n) is 5.25. The third-order valence-corrected chi connectivity index (χ3v) is 2.35. The van der Waals surface area contributed by atoms with E-state index in [0.29, 0.717) is 12.8 Å². The maximum atomic E-state index is 13.2. The molecule has 0 aliphatic heterocycles. The molecule has 0 aromatic heterocycles. The van der Waals surface area contributed by atoms with Crippen LogP contribution in [0.1, 0.15) is 37.0 Å². The van der Waals surface area contributed by atoms with Gasteiger partial charge in [-0.1, -0.05) is 19.9 Å². The molecular weight excluding hydrogens is 214 g/mol. The smallest absolute Gasteiger partial charge is 0.344 e. The third-order valence-electron chi connectivity index (χ3n) is 2.35. The fraction of sp³-hybridized carbons (Fsp3) is 0.417. The summed E-state index contributed by atoms with van der Waals surface area (Å²) in [6, 6.07) is 3.28. The second-order valence-corrected chi connectivity index (χ2v) is 3.44. The number of ether oxygens (including phenoxy) is 1. The van der Waals surface area contributed by atoms with Crippen LogP contribution in [0.4, 0.5) is 8.78 Å². The van der Waals surface area contributed by atoms with E-state index in [1.54, 1.807) is 0 Å². The van der Waals surface area contributed by atoms with Crippen LogP contribution in [-0.4, -0.2) is 12.1 Å². The van der Waals surface area contributed by atoms with Crippen molar-refractivity contribution in [3.8, 4) is 0 Å². The van der Waals surface area contributed by atoms with Crippen molar-refractivity contribution in [2.75, 3.05) is 0 Å². The summed E-state index contributed by atoms with van der Waals surface area (Å²) in [4.78, 5) is 11.5. The van der Waals surface area contributed by atoms with E-state index in [-0.39, 0.29) is 6.10 Å². The van der Waals surface area contributed by atoms with Crippen LogP contribution in [0.15, 0.2) is 18.2 Å². The summed E-state index contributed by atoms with van der Waals surface area (Å²) in [5.41, 5.74) is -0.616. The highest BCUT2D eigenvalue weighted by Gasteiger charge is 2.20. The molecule has 0 saturated carbocycles. The first-order valence-corrected chi connectivity index (χ1v) is 5.25. The van der Waals surface area contributed by atoms with Crippen molar-refractivity contribution >= 4 is 5.97 Å². The Morgan fingerprint density at radius 2 is 1.75 bits per heavy atom. The molecule has 88 valence electrons. The number of benzene rings is 1. The lowest BCUT2D eigenvalue weighted by atomic mass is 10.2. The van der Waals surface area contributed by atoms with Crippen LogP contribution < -0.4 is 0 Å². The zero-order valence-corrected chi connectivity index (χ0v) is 9.30. The monoisotopic (exact) mass is 228 g/mol. The molecule has 0 radical (unpaired) electrons. The predicted molar refractivity (Wildman–Crippen MR) is 56.1 cm³/mol. The van der Waals surface area contributed by atoms with Gasteiger partial charge in [-0.2, -0.15) is 0 Å². The van der Waals surface area contributed by atoms with Gasteiger partial charge in [0.05, 0.1) is 0 Å². The molecule has 0 heterocycles. The Balaban J connectivity index is 2.88. The minimum absolute atomic E-state index is 0.300. The van der Waals surface area contributed by atoms with Crippen LogP contribution in [0.5, 0.6) is 0 Å². The fourth-order valence-corrected chi connectivity index (χ4v) is 1.36. The van der Waals surface area contributed by atoms with Crippen molar-refractivity contribution in [1.29, 1.82) is 0 Å². The van der Waals surface area contributed by atoms with Crippen LogP contribution in [0.3, 0.4) is 0 Å². The van der Waals surface area contributed by atoms with Crippen LogP contribution in [0, 0.1) is 11.6 Å². The van der Waals surface area contributed by atoms with Crippen molar-refractivity contribution in [3.05, 3.63) is 35.4 Å². The van der Waals surface area contributed by atoms with Gasteiger partial charge in [-0.25, -0.2) is 13.6 Å². The van der Waals surface area contributed by atoms with Gasteiger partial charge in [-0.3, -0.25) is 0 Å². The molecular formula is C12H14F2O2. The van der Waals surface area contributed by atoms with E-state index in [0.717, 1.165) is 12.1 Å². The number of hydrogen-bond donors (Lipinski definition) is 0. The molecule has 1 aromatic rings. The predicted octanol–water partition coefficient (Wildman–Crippen LogP) is 3.31. The van der Waals surface area contributed by atoms with Crippen LogP contribution in [0.25, 0.3) is 0 Å². The zero-order valence-electron chi connectivity index (χ0n) is 9.30. The summed E-state index contributed by atoms with van der Waals surface area (Å²) in [5, 5.41) is 0. The highest BCUT2D eigenvalue weighted by Crippen LogP contribution is 2.15. The molecule has 2 nitrogen and oxygen atoms in total. The number of carbonyl (C=O) groups is 1. The number of esters is 1. The van der Waals surface area contributed by atoms with E-state index in [1.165, 1.54) is 6.07 Å². The molecule has 4 heteroatoms.